The highest BCUT2D eigenvalue weighted by atomic mass is 35.5. The fourth-order valence-corrected chi connectivity index (χ4v) is 9.04. The van der Waals surface area contributed by atoms with E-state index < -0.39 is 7.26 Å². The van der Waals surface area contributed by atoms with Crippen molar-refractivity contribution >= 4 is 18.9 Å². The Hall–Kier alpha value is -1.04. The number of ether oxygens (including phenoxy) is 1. The molecular weight excluding hydrogens is 383 g/mol. The van der Waals surface area contributed by atoms with E-state index in [1.54, 1.807) is 0 Å². The van der Waals surface area contributed by atoms with Crippen molar-refractivity contribution in [1.82, 2.24) is 0 Å². The average Bonchev–Trinajstić information content (AvgIpc) is 2.72. The van der Waals surface area contributed by atoms with Gasteiger partial charge < -0.3 is 4.74 Å². The molecule has 0 bridgehead atoms. The van der Waals surface area contributed by atoms with Gasteiger partial charge in [-0.05, 0) is 37.0 Å². The minimum Gasteiger partial charge on any atom is -0.475 e. The molecule has 154 valence electrons. The number of rotatable bonds is 14. The summed E-state index contributed by atoms with van der Waals surface area (Å²) in [5, 5.41) is 0. The van der Waals surface area contributed by atoms with Crippen molar-refractivity contribution < 1.29 is 4.74 Å². The predicted octanol–water partition coefficient (Wildman–Crippen LogP) is 8.23. The van der Waals surface area contributed by atoms with Gasteiger partial charge in [-0.15, -0.1) is 0 Å². The third kappa shape index (κ3) is 8.54. The molecule has 0 radical (unpaired) electrons. The average molecular weight is 420 g/mol. The van der Waals surface area contributed by atoms with E-state index in [9.17, 15) is 0 Å². The second kappa shape index (κ2) is 13.2. The van der Waals surface area contributed by atoms with Crippen molar-refractivity contribution in [2.75, 3.05) is 18.5 Å². The molecule has 1 unspecified atom stereocenters. The van der Waals surface area contributed by atoms with Crippen molar-refractivity contribution in [3.05, 3.63) is 66.2 Å². The zero-order valence-corrected chi connectivity index (χ0v) is 19.3. The van der Waals surface area contributed by atoms with Gasteiger partial charge in [0.25, 0.3) is 0 Å². The number of unbranched alkanes of at least 4 members (excludes halogenated alkanes) is 2. The van der Waals surface area contributed by atoms with E-state index in [-0.39, 0.29) is 5.56 Å². The normalized spacial score (nSPS) is 12.7. The van der Waals surface area contributed by atoms with Gasteiger partial charge in [0.1, 0.15) is 5.75 Å². The fourth-order valence-electron chi connectivity index (χ4n) is 3.82. The summed E-state index contributed by atoms with van der Waals surface area (Å²) in [6, 6.07) is 21.1. The Morgan fingerprint density at radius 3 is 1.89 bits per heavy atom. The molecule has 0 fully saturated rings. The van der Waals surface area contributed by atoms with Gasteiger partial charge in [0, 0.05) is 13.7 Å². The Morgan fingerprint density at radius 2 is 1.32 bits per heavy atom. The second-order valence-electron chi connectivity index (χ2n) is 7.85. The number of alkyl halides is 1. The molecule has 0 aliphatic carbocycles. The highest BCUT2D eigenvalue weighted by molar-refractivity contribution is 7.75. The molecule has 1 atom stereocenters. The first-order valence-corrected chi connectivity index (χ1v) is 13.9. The first-order valence-electron chi connectivity index (χ1n) is 10.9. The van der Waals surface area contributed by atoms with Gasteiger partial charge in [0.2, 0.25) is 0 Å². The first kappa shape index (κ1) is 23.2. The molecule has 0 spiro atoms. The van der Waals surface area contributed by atoms with Gasteiger partial charge in [0.05, 0.1) is 24.6 Å². The maximum atomic E-state index is 6.50. The lowest BCUT2D eigenvalue weighted by Crippen LogP contribution is -2.14. The van der Waals surface area contributed by atoms with Crippen LogP contribution in [-0.4, -0.2) is 24.0 Å². The zero-order chi connectivity index (χ0) is 20.1. The number of hydrogen-bond donors (Lipinski definition) is 0. The van der Waals surface area contributed by atoms with Crippen molar-refractivity contribution in [3.8, 4) is 5.75 Å². The van der Waals surface area contributed by atoms with Crippen LogP contribution in [-0.2, 0) is 6.16 Å². The maximum Gasteiger partial charge on any atom is 0.172 e. The van der Waals surface area contributed by atoms with Crippen molar-refractivity contribution in [1.29, 1.82) is 0 Å². The Labute approximate surface area is 178 Å². The standard InChI is InChI=1S/C25H37ClOP/c1-3-5-19-28(20-6-4-2,22-23-14-9-7-10-15-23)21-13-18-25(26)27-24-16-11-8-12-17-24/h7-12,14-17,25H,3-6,13,18-22H2,1-2H3/q+1. The van der Waals surface area contributed by atoms with Gasteiger partial charge >= 0.3 is 0 Å². The van der Waals surface area contributed by atoms with Crippen LogP contribution in [0.3, 0.4) is 0 Å². The van der Waals surface area contributed by atoms with Crippen molar-refractivity contribution in [3.63, 3.8) is 0 Å². The van der Waals surface area contributed by atoms with Crippen molar-refractivity contribution in [2.45, 2.75) is 64.1 Å². The Morgan fingerprint density at radius 1 is 0.786 bits per heavy atom. The molecule has 2 aromatic carbocycles. The van der Waals surface area contributed by atoms with E-state index in [4.69, 9.17) is 16.3 Å². The van der Waals surface area contributed by atoms with Gasteiger partial charge in [-0.25, -0.2) is 0 Å². The van der Waals surface area contributed by atoms with E-state index >= 15 is 0 Å². The molecule has 2 rings (SSSR count). The quantitative estimate of drug-likeness (QED) is 0.221. The molecule has 0 saturated carbocycles. The molecular formula is C25H37ClOP+. The third-order valence-corrected chi connectivity index (χ3v) is 10.5. The van der Waals surface area contributed by atoms with E-state index in [1.807, 2.05) is 30.3 Å². The monoisotopic (exact) mass is 419 g/mol. The minimum absolute atomic E-state index is 0.238. The minimum atomic E-state index is -1.00. The van der Waals surface area contributed by atoms with Crippen LogP contribution in [0.25, 0.3) is 0 Å². The van der Waals surface area contributed by atoms with Gasteiger partial charge in [-0.1, -0.05) is 86.8 Å². The molecule has 0 N–H and O–H groups in total. The molecule has 2 aromatic rings. The van der Waals surface area contributed by atoms with Crippen LogP contribution in [0.4, 0.5) is 0 Å². The zero-order valence-electron chi connectivity index (χ0n) is 17.7. The van der Waals surface area contributed by atoms with Gasteiger partial charge in [-0.2, -0.15) is 0 Å². The van der Waals surface area contributed by atoms with Crippen LogP contribution < -0.4 is 4.74 Å². The smallest absolute Gasteiger partial charge is 0.172 e. The summed E-state index contributed by atoms with van der Waals surface area (Å²) in [5.74, 6) is 0.866. The molecule has 0 heterocycles. The molecule has 0 amide bonds. The predicted molar refractivity (Wildman–Crippen MR) is 127 cm³/mol. The second-order valence-corrected chi connectivity index (χ2v) is 12.7. The number of halogens is 1. The number of para-hydroxylation sites is 1. The van der Waals surface area contributed by atoms with E-state index in [1.165, 1.54) is 55.9 Å². The highest BCUT2D eigenvalue weighted by Crippen LogP contribution is 2.63. The maximum absolute atomic E-state index is 6.50. The van der Waals surface area contributed by atoms with E-state index in [2.05, 4.69) is 44.2 Å². The van der Waals surface area contributed by atoms with Crippen LogP contribution in [0.1, 0.15) is 57.9 Å². The number of hydrogen-bond acceptors (Lipinski definition) is 1. The lowest BCUT2D eigenvalue weighted by atomic mass is 10.2. The molecule has 3 heteroatoms. The topological polar surface area (TPSA) is 9.23 Å². The fraction of sp³-hybridized carbons (Fsp3) is 0.520. The third-order valence-electron chi connectivity index (χ3n) is 5.40. The van der Waals surface area contributed by atoms with Crippen LogP contribution in [0.5, 0.6) is 5.75 Å². The van der Waals surface area contributed by atoms with Crippen LogP contribution in [0.2, 0.25) is 0 Å². The van der Waals surface area contributed by atoms with Crippen LogP contribution >= 0.6 is 18.9 Å². The Balaban J connectivity index is 1.98. The summed E-state index contributed by atoms with van der Waals surface area (Å²) in [6.07, 6.45) is 12.8. The van der Waals surface area contributed by atoms with Crippen molar-refractivity contribution in [2.24, 2.45) is 0 Å². The van der Waals surface area contributed by atoms with Crippen LogP contribution in [0, 0.1) is 0 Å². The summed E-state index contributed by atoms with van der Waals surface area (Å²) in [4.78, 5) is 0. The molecule has 0 aromatic heterocycles. The summed E-state index contributed by atoms with van der Waals surface area (Å²) in [7, 11) is -1.00. The summed E-state index contributed by atoms with van der Waals surface area (Å²) < 4.78 is 5.89. The first-order chi connectivity index (χ1) is 13.7. The lowest BCUT2D eigenvalue weighted by molar-refractivity contribution is 0.269. The van der Waals surface area contributed by atoms with E-state index in [0.717, 1.165) is 18.6 Å². The molecule has 0 aliphatic heterocycles. The summed E-state index contributed by atoms with van der Waals surface area (Å²) in [6.45, 7) is 4.64. The van der Waals surface area contributed by atoms with Crippen LogP contribution in [0.15, 0.2) is 60.7 Å². The molecule has 28 heavy (non-hydrogen) atoms. The summed E-state index contributed by atoms with van der Waals surface area (Å²) >= 11 is 6.50. The largest absolute Gasteiger partial charge is 0.475 e. The molecule has 1 nitrogen and oxygen atoms in total. The van der Waals surface area contributed by atoms with Gasteiger partial charge in [-0.3, -0.25) is 0 Å². The molecule has 0 aliphatic rings. The lowest BCUT2D eigenvalue weighted by Gasteiger charge is -2.28. The number of benzene rings is 2. The molecule has 0 saturated heterocycles. The Kier molecular flexibility index (Phi) is 11.0. The van der Waals surface area contributed by atoms with E-state index in [0.29, 0.717) is 0 Å². The summed E-state index contributed by atoms with van der Waals surface area (Å²) in [5.41, 5.74) is 1.28. The Bertz CT molecular complexity index is 624. The van der Waals surface area contributed by atoms with Gasteiger partial charge in [0.15, 0.2) is 5.56 Å². The highest BCUT2D eigenvalue weighted by Gasteiger charge is 2.36. The SMILES string of the molecule is CCCC[P+](CCCC)(CCCC(Cl)Oc1ccccc1)Cc1ccccc1.